The number of fused-ring (bicyclic) bond motifs is 2. The topological polar surface area (TPSA) is 53.2 Å². The normalized spacial score (nSPS) is 15.9. The second-order valence-electron chi connectivity index (χ2n) is 6.34. The van der Waals surface area contributed by atoms with Crippen LogP contribution in [0.25, 0.3) is 16.5 Å². The molecule has 6 heteroatoms. The van der Waals surface area contributed by atoms with Crippen LogP contribution in [0.3, 0.4) is 0 Å². The maximum atomic E-state index is 5.17. The predicted molar refractivity (Wildman–Crippen MR) is 111 cm³/mol. The molecule has 5 nitrogen and oxygen atoms in total. The van der Waals surface area contributed by atoms with E-state index in [1.807, 2.05) is 36.3 Å². The summed E-state index contributed by atoms with van der Waals surface area (Å²) in [5.41, 5.74) is 9.08. The van der Waals surface area contributed by atoms with Crippen LogP contribution in [0, 0.1) is 0 Å². The molecular formula is C21H18N4OS. The van der Waals surface area contributed by atoms with Gasteiger partial charge in [-0.3, -0.25) is 10.4 Å². The molecule has 0 aliphatic carbocycles. The lowest BCUT2D eigenvalue weighted by Gasteiger charge is -2.29. The Hall–Kier alpha value is -3.12. The summed E-state index contributed by atoms with van der Waals surface area (Å²) in [4.78, 5) is 8.83. The van der Waals surface area contributed by atoms with Gasteiger partial charge in [-0.25, -0.2) is 4.98 Å². The molecule has 0 saturated carbocycles. The van der Waals surface area contributed by atoms with Gasteiger partial charge in [-0.05, 0) is 42.5 Å². The van der Waals surface area contributed by atoms with Crippen molar-refractivity contribution in [3.63, 3.8) is 0 Å². The van der Waals surface area contributed by atoms with Crippen molar-refractivity contribution in [3.05, 3.63) is 83.3 Å². The number of H-pyrrole nitrogens is 1. The molecule has 0 fully saturated rings. The van der Waals surface area contributed by atoms with Crippen LogP contribution in [0.4, 0.5) is 5.69 Å². The van der Waals surface area contributed by atoms with Crippen molar-refractivity contribution in [2.24, 2.45) is 0 Å². The number of nitrogens with one attached hydrogen (secondary N) is 2. The monoisotopic (exact) mass is 374 g/mol. The van der Waals surface area contributed by atoms with Gasteiger partial charge in [0.05, 0.1) is 18.5 Å². The first-order chi connectivity index (χ1) is 13.3. The summed E-state index contributed by atoms with van der Waals surface area (Å²) in [6, 6.07) is 12.3. The zero-order valence-corrected chi connectivity index (χ0v) is 15.6. The van der Waals surface area contributed by atoms with E-state index in [4.69, 9.17) is 4.74 Å². The molecule has 4 heterocycles. The number of pyridine rings is 1. The summed E-state index contributed by atoms with van der Waals surface area (Å²) in [5, 5.41) is 3.29. The molecule has 27 heavy (non-hydrogen) atoms. The molecule has 0 saturated heterocycles. The number of rotatable bonds is 4. The fourth-order valence-corrected chi connectivity index (χ4v) is 4.25. The number of hydrazine groups is 1. The van der Waals surface area contributed by atoms with Crippen LogP contribution in [-0.4, -0.2) is 27.8 Å². The summed E-state index contributed by atoms with van der Waals surface area (Å²) in [7, 11) is 1.63. The van der Waals surface area contributed by atoms with E-state index in [0.29, 0.717) is 5.88 Å². The zero-order chi connectivity index (χ0) is 18.2. The Morgan fingerprint density at radius 1 is 1.22 bits per heavy atom. The number of hydrogen-bond donors (Lipinski definition) is 2. The van der Waals surface area contributed by atoms with Gasteiger partial charge in [0.15, 0.2) is 0 Å². The van der Waals surface area contributed by atoms with Crippen LogP contribution in [0.15, 0.2) is 77.7 Å². The molecule has 2 aliphatic heterocycles. The number of nitrogens with zero attached hydrogens (tertiary/aromatic N) is 2. The minimum Gasteiger partial charge on any atom is -0.481 e. The smallest absolute Gasteiger partial charge is 0.212 e. The molecule has 0 amide bonds. The van der Waals surface area contributed by atoms with Crippen molar-refractivity contribution in [3.8, 4) is 5.88 Å². The lowest BCUT2D eigenvalue weighted by Crippen LogP contribution is -2.25. The standard InChI is InChI=1S/C21H18N4OS/c1-26-21-5-2-15(12-23-21)16-11-20-19(7-9-27-20)25(13-16)24-17-3-4-18-14(10-17)6-8-22-18/h2-8,10-13,22,24H,9H2,1H3. The van der Waals surface area contributed by atoms with Gasteiger partial charge in [-0.15, -0.1) is 11.8 Å². The SMILES string of the molecule is COc1ccc(C2=CN(Nc3ccc4[nH]ccc4c3)C3=CCSC3=C2)cn1. The quantitative estimate of drug-likeness (QED) is 0.689. The maximum absolute atomic E-state index is 5.17. The number of anilines is 1. The van der Waals surface area contributed by atoms with Crippen molar-refractivity contribution >= 4 is 33.9 Å². The molecule has 5 rings (SSSR count). The fraction of sp³-hybridized carbons (Fsp3) is 0.0952. The average molecular weight is 374 g/mol. The average Bonchev–Trinajstić information content (AvgIpc) is 3.36. The molecule has 0 radical (unpaired) electrons. The Morgan fingerprint density at radius 2 is 2.19 bits per heavy atom. The molecule has 0 spiro atoms. The van der Waals surface area contributed by atoms with Gasteiger partial charge in [-0.2, -0.15) is 0 Å². The number of aromatic nitrogens is 2. The highest BCUT2D eigenvalue weighted by Crippen LogP contribution is 2.40. The van der Waals surface area contributed by atoms with Gasteiger partial charge in [0.1, 0.15) is 0 Å². The van der Waals surface area contributed by atoms with Crippen LogP contribution in [-0.2, 0) is 0 Å². The van der Waals surface area contributed by atoms with Crippen molar-refractivity contribution in [2.75, 3.05) is 18.3 Å². The van der Waals surface area contributed by atoms with E-state index in [0.717, 1.165) is 28.1 Å². The van der Waals surface area contributed by atoms with E-state index in [1.54, 1.807) is 7.11 Å². The van der Waals surface area contributed by atoms with Crippen LogP contribution in [0.5, 0.6) is 5.88 Å². The second kappa shape index (κ2) is 6.55. The molecule has 2 aliphatic rings. The molecule has 0 atom stereocenters. The number of ether oxygens (including phenoxy) is 1. The zero-order valence-electron chi connectivity index (χ0n) is 14.8. The largest absolute Gasteiger partial charge is 0.481 e. The highest BCUT2D eigenvalue weighted by Gasteiger charge is 2.23. The Balaban J connectivity index is 1.49. The van der Waals surface area contributed by atoms with Gasteiger partial charge in [0.25, 0.3) is 0 Å². The summed E-state index contributed by atoms with van der Waals surface area (Å²) >= 11 is 1.85. The van der Waals surface area contributed by atoms with E-state index < -0.39 is 0 Å². The third-order valence-corrected chi connectivity index (χ3v) is 5.64. The molecule has 2 aromatic heterocycles. The number of thioether (sulfide) groups is 1. The first-order valence-electron chi connectivity index (χ1n) is 8.70. The highest BCUT2D eigenvalue weighted by molar-refractivity contribution is 8.03. The summed E-state index contributed by atoms with van der Waals surface area (Å²) in [6.07, 6.45) is 10.4. The van der Waals surface area contributed by atoms with Gasteiger partial charge < -0.3 is 9.72 Å². The first-order valence-corrected chi connectivity index (χ1v) is 9.69. The number of allylic oxidation sites excluding steroid dienone is 2. The van der Waals surface area contributed by atoms with Crippen molar-refractivity contribution in [1.82, 2.24) is 15.0 Å². The predicted octanol–water partition coefficient (Wildman–Crippen LogP) is 4.77. The summed E-state index contributed by atoms with van der Waals surface area (Å²) < 4.78 is 5.17. The van der Waals surface area contributed by atoms with E-state index in [9.17, 15) is 0 Å². The lowest BCUT2D eigenvalue weighted by atomic mass is 10.1. The minimum absolute atomic E-state index is 0.619. The third kappa shape index (κ3) is 2.98. The Labute approximate surface area is 161 Å². The van der Waals surface area contributed by atoms with Crippen LogP contribution in [0.1, 0.15) is 5.56 Å². The molecule has 2 N–H and O–H groups in total. The first kappa shape index (κ1) is 16.1. The van der Waals surface area contributed by atoms with Crippen LogP contribution in [0.2, 0.25) is 0 Å². The van der Waals surface area contributed by atoms with Gasteiger partial charge in [0.2, 0.25) is 5.88 Å². The summed E-state index contributed by atoms with van der Waals surface area (Å²) in [6.45, 7) is 0. The van der Waals surface area contributed by atoms with Crippen molar-refractivity contribution in [1.29, 1.82) is 0 Å². The Bertz CT molecular complexity index is 1090. The highest BCUT2D eigenvalue weighted by atomic mass is 32.2. The van der Waals surface area contributed by atoms with Gasteiger partial charge in [-0.1, -0.05) is 0 Å². The maximum Gasteiger partial charge on any atom is 0.212 e. The molecular weight excluding hydrogens is 356 g/mol. The Morgan fingerprint density at radius 3 is 3.04 bits per heavy atom. The van der Waals surface area contributed by atoms with Crippen molar-refractivity contribution in [2.45, 2.75) is 0 Å². The third-order valence-electron chi connectivity index (χ3n) is 4.66. The van der Waals surface area contributed by atoms with Gasteiger partial charge >= 0.3 is 0 Å². The Kier molecular flexibility index (Phi) is 3.90. The molecule has 134 valence electrons. The second-order valence-corrected chi connectivity index (χ2v) is 7.41. The van der Waals surface area contributed by atoms with Crippen LogP contribution < -0.4 is 10.2 Å². The number of hydrogen-bond acceptors (Lipinski definition) is 5. The van der Waals surface area contributed by atoms with E-state index in [1.165, 1.54) is 16.0 Å². The van der Waals surface area contributed by atoms with Crippen LogP contribution >= 0.6 is 11.8 Å². The number of aromatic amines is 1. The molecule has 1 aromatic carbocycles. The molecule has 0 unspecified atom stereocenters. The molecule has 0 bridgehead atoms. The number of methoxy groups -OCH3 is 1. The van der Waals surface area contributed by atoms with Gasteiger partial charge in [0, 0.05) is 57.4 Å². The number of benzene rings is 1. The summed E-state index contributed by atoms with van der Waals surface area (Å²) in [5.74, 6) is 1.60. The minimum atomic E-state index is 0.619. The van der Waals surface area contributed by atoms with Crippen molar-refractivity contribution < 1.29 is 4.74 Å². The lowest BCUT2D eigenvalue weighted by molar-refractivity contribution is 0.398. The molecule has 3 aromatic rings. The van der Waals surface area contributed by atoms with E-state index in [-0.39, 0.29) is 0 Å². The van der Waals surface area contributed by atoms with E-state index in [2.05, 4.69) is 63.0 Å². The fourth-order valence-electron chi connectivity index (χ4n) is 3.29. The van der Waals surface area contributed by atoms with E-state index >= 15 is 0 Å².